The number of anilines is 2. The highest BCUT2D eigenvalue weighted by Crippen LogP contribution is 2.18. The Morgan fingerprint density at radius 3 is 2.60 bits per heavy atom. The Morgan fingerprint density at radius 1 is 1.17 bits per heavy atom. The lowest BCUT2D eigenvalue weighted by Gasteiger charge is -2.14. The number of nitrogens with zero attached hydrogens (tertiary/aromatic N) is 1. The minimum atomic E-state index is -0.322. The molecule has 1 heterocycles. The van der Waals surface area contributed by atoms with Gasteiger partial charge in [-0.1, -0.05) is 22.0 Å². The Balaban J connectivity index is 1.77. The number of carbonyl (C=O) groups is 2. The fraction of sp³-hybridized carbons (Fsp3) is 0.318. The van der Waals surface area contributed by atoms with Gasteiger partial charge >= 0.3 is 0 Å². The molecule has 0 unspecified atom stereocenters. The van der Waals surface area contributed by atoms with Gasteiger partial charge in [0.1, 0.15) is 0 Å². The van der Waals surface area contributed by atoms with Gasteiger partial charge in [0, 0.05) is 34.9 Å². The van der Waals surface area contributed by atoms with Crippen LogP contribution in [0.15, 0.2) is 51.9 Å². The van der Waals surface area contributed by atoms with Crippen LogP contribution >= 0.6 is 15.9 Å². The van der Waals surface area contributed by atoms with Crippen molar-refractivity contribution in [2.24, 2.45) is 4.99 Å². The smallest absolute Gasteiger partial charge is 0.258 e. The van der Waals surface area contributed by atoms with Crippen molar-refractivity contribution in [3.8, 4) is 0 Å². The van der Waals surface area contributed by atoms with Gasteiger partial charge in [0.15, 0.2) is 0 Å². The highest BCUT2D eigenvalue weighted by Gasteiger charge is 2.16. The van der Waals surface area contributed by atoms with Crippen molar-refractivity contribution in [2.45, 2.75) is 32.8 Å². The Hall–Kier alpha value is -2.71. The number of amides is 2. The van der Waals surface area contributed by atoms with Crippen LogP contribution in [0.4, 0.5) is 11.4 Å². The van der Waals surface area contributed by atoms with E-state index in [-0.39, 0.29) is 17.9 Å². The molecule has 2 aromatic rings. The van der Waals surface area contributed by atoms with Crippen LogP contribution < -0.4 is 16.0 Å². The van der Waals surface area contributed by atoms with Crippen molar-refractivity contribution in [2.75, 3.05) is 23.8 Å². The third-order valence-electron chi connectivity index (χ3n) is 4.63. The van der Waals surface area contributed by atoms with Gasteiger partial charge in [-0.2, -0.15) is 0 Å². The van der Waals surface area contributed by atoms with Crippen molar-refractivity contribution in [3.63, 3.8) is 0 Å². The number of carbonyl (C=O) groups excluding carboxylic acids is 2. The molecule has 1 atom stereocenters. The maximum atomic E-state index is 12.9. The minimum Gasteiger partial charge on any atom is -0.376 e. The third kappa shape index (κ3) is 6.40. The van der Waals surface area contributed by atoms with Gasteiger partial charge in [-0.25, -0.2) is 4.99 Å². The normalized spacial score (nSPS) is 16.2. The van der Waals surface area contributed by atoms with Gasteiger partial charge in [0.25, 0.3) is 5.91 Å². The standard InChI is InChI=1S/C22H25BrN4O3/c1-14-5-6-16(12-20(14)25-15(2)28)21(29)27-22(24-13-19-4-3-11-30-19)26-18-9-7-17(23)8-10-18/h5-10,12,19H,3-4,11,13H2,1-2H3,(H,25,28)(H2,24,26,27,29)/t19-/m0/s1. The number of hydrogen-bond acceptors (Lipinski definition) is 4. The molecule has 1 aliphatic heterocycles. The van der Waals surface area contributed by atoms with E-state index in [0.717, 1.165) is 35.2 Å². The number of rotatable bonds is 5. The number of nitrogens with one attached hydrogen (secondary N) is 3. The van der Waals surface area contributed by atoms with E-state index in [4.69, 9.17) is 4.74 Å². The van der Waals surface area contributed by atoms with Crippen LogP contribution in [0.3, 0.4) is 0 Å². The van der Waals surface area contributed by atoms with Crippen LogP contribution in [-0.4, -0.2) is 37.0 Å². The number of halogens is 1. The molecule has 0 saturated carbocycles. The quantitative estimate of drug-likeness (QED) is 0.451. The molecule has 158 valence electrons. The zero-order valence-corrected chi connectivity index (χ0v) is 18.6. The van der Waals surface area contributed by atoms with E-state index in [1.165, 1.54) is 6.92 Å². The van der Waals surface area contributed by atoms with Gasteiger partial charge in [-0.3, -0.25) is 14.9 Å². The molecule has 0 spiro atoms. The zero-order valence-electron chi connectivity index (χ0n) is 17.0. The van der Waals surface area contributed by atoms with Crippen molar-refractivity contribution < 1.29 is 14.3 Å². The van der Waals surface area contributed by atoms with E-state index >= 15 is 0 Å². The molecule has 2 amide bonds. The first kappa shape index (κ1) is 22.0. The molecule has 30 heavy (non-hydrogen) atoms. The van der Waals surface area contributed by atoms with Gasteiger partial charge in [0.05, 0.1) is 12.6 Å². The molecule has 0 aromatic heterocycles. The monoisotopic (exact) mass is 472 g/mol. The first-order chi connectivity index (χ1) is 14.4. The summed E-state index contributed by atoms with van der Waals surface area (Å²) in [5.74, 6) is -0.164. The Kier molecular flexibility index (Phi) is 7.59. The number of hydrogen-bond donors (Lipinski definition) is 3. The lowest BCUT2D eigenvalue weighted by atomic mass is 10.1. The van der Waals surface area contributed by atoms with Crippen LogP contribution in [0.5, 0.6) is 0 Å². The summed E-state index contributed by atoms with van der Waals surface area (Å²) in [6.45, 7) is 4.52. The average Bonchev–Trinajstić information content (AvgIpc) is 3.23. The van der Waals surface area contributed by atoms with E-state index in [2.05, 4.69) is 36.9 Å². The summed E-state index contributed by atoms with van der Waals surface area (Å²) in [6.07, 6.45) is 2.05. The predicted molar refractivity (Wildman–Crippen MR) is 122 cm³/mol. The van der Waals surface area contributed by atoms with Gasteiger partial charge in [-0.05, 0) is 61.7 Å². The molecule has 0 bridgehead atoms. The first-order valence-electron chi connectivity index (χ1n) is 9.79. The fourth-order valence-electron chi connectivity index (χ4n) is 3.03. The second-order valence-electron chi connectivity index (χ2n) is 7.12. The summed E-state index contributed by atoms with van der Waals surface area (Å²) < 4.78 is 6.59. The molecule has 0 radical (unpaired) electrons. The summed E-state index contributed by atoms with van der Waals surface area (Å²) in [6, 6.07) is 12.8. The predicted octanol–water partition coefficient (Wildman–Crippen LogP) is 4.09. The van der Waals surface area contributed by atoms with Crippen molar-refractivity contribution in [1.82, 2.24) is 5.32 Å². The zero-order chi connectivity index (χ0) is 21.5. The average molecular weight is 473 g/mol. The van der Waals surface area contributed by atoms with Gasteiger partial charge in [0.2, 0.25) is 11.9 Å². The fourth-order valence-corrected chi connectivity index (χ4v) is 3.29. The van der Waals surface area contributed by atoms with E-state index in [0.29, 0.717) is 23.8 Å². The molecule has 2 aromatic carbocycles. The van der Waals surface area contributed by atoms with E-state index in [1.54, 1.807) is 18.2 Å². The minimum absolute atomic E-state index is 0.0642. The van der Waals surface area contributed by atoms with E-state index in [9.17, 15) is 9.59 Å². The summed E-state index contributed by atoms with van der Waals surface area (Å²) in [7, 11) is 0. The van der Waals surface area contributed by atoms with Crippen molar-refractivity contribution in [3.05, 3.63) is 58.1 Å². The molecule has 3 N–H and O–H groups in total. The number of guanidine groups is 1. The molecule has 1 aliphatic rings. The van der Waals surface area contributed by atoms with Gasteiger partial charge < -0.3 is 15.4 Å². The summed E-state index contributed by atoms with van der Waals surface area (Å²) in [4.78, 5) is 28.8. The number of aryl methyl sites for hydroxylation is 1. The van der Waals surface area contributed by atoms with Crippen LogP contribution in [0.2, 0.25) is 0 Å². The Labute approximate surface area is 184 Å². The molecule has 3 rings (SSSR count). The molecule has 0 aliphatic carbocycles. The third-order valence-corrected chi connectivity index (χ3v) is 5.16. The number of aliphatic imine (C=N–C) groups is 1. The summed E-state index contributed by atoms with van der Waals surface area (Å²) >= 11 is 3.41. The second-order valence-corrected chi connectivity index (χ2v) is 8.04. The lowest BCUT2D eigenvalue weighted by Crippen LogP contribution is -2.36. The van der Waals surface area contributed by atoms with Crippen LogP contribution in [0.25, 0.3) is 0 Å². The van der Waals surface area contributed by atoms with Crippen molar-refractivity contribution in [1.29, 1.82) is 0 Å². The topological polar surface area (TPSA) is 91.8 Å². The summed E-state index contributed by atoms with van der Waals surface area (Å²) in [5.41, 5.74) is 2.70. The Morgan fingerprint density at radius 2 is 1.93 bits per heavy atom. The number of ether oxygens (including phenoxy) is 1. The van der Waals surface area contributed by atoms with Gasteiger partial charge in [-0.15, -0.1) is 0 Å². The first-order valence-corrected chi connectivity index (χ1v) is 10.6. The van der Waals surface area contributed by atoms with E-state index in [1.807, 2.05) is 31.2 Å². The molecular formula is C22H25BrN4O3. The van der Waals surface area contributed by atoms with Crippen molar-refractivity contribution >= 4 is 45.1 Å². The second kappa shape index (κ2) is 10.4. The lowest BCUT2D eigenvalue weighted by molar-refractivity contribution is -0.114. The maximum Gasteiger partial charge on any atom is 0.258 e. The van der Waals surface area contributed by atoms with Crippen LogP contribution in [-0.2, 0) is 9.53 Å². The molecular weight excluding hydrogens is 448 g/mol. The highest BCUT2D eigenvalue weighted by molar-refractivity contribution is 9.10. The molecule has 1 fully saturated rings. The largest absolute Gasteiger partial charge is 0.376 e. The number of benzene rings is 2. The summed E-state index contributed by atoms with van der Waals surface area (Å²) in [5, 5.41) is 8.74. The maximum absolute atomic E-state index is 12.9. The van der Waals surface area contributed by atoms with E-state index < -0.39 is 0 Å². The van der Waals surface area contributed by atoms with Crippen LogP contribution in [0, 0.1) is 6.92 Å². The Bertz CT molecular complexity index is 938. The van der Waals surface area contributed by atoms with Crippen LogP contribution in [0.1, 0.15) is 35.7 Å². The molecule has 7 nitrogen and oxygen atoms in total. The highest BCUT2D eigenvalue weighted by atomic mass is 79.9. The SMILES string of the molecule is CC(=O)Nc1cc(C(=O)NC(=NC[C@@H]2CCCO2)Nc2ccc(Br)cc2)ccc1C. The molecule has 8 heteroatoms. The molecule has 1 saturated heterocycles.